The number of hydrazine groups is 1. The van der Waals surface area contributed by atoms with Gasteiger partial charge in [-0.2, -0.15) is 0 Å². The van der Waals surface area contributed by atoms with E-state index in [1.165, 1.54) is 0 Å². The second kappa shape index (κ2) is 22.6. The standard InChI is InChI=1S/C27H51N7O10.Ga/c28-34-11-9-33(10-12-34)25(36)1-13-41-15-17-43-19-20-44-18-16-42-14-2-29-24(35)21-30-3-5-31(22-26(37)38)7-8-32(6-4-30)23-27(39)40;/h1-23,28H2,(H,29,35)(H,37,38)(H,39,40);/q;+2/p-2. The molecule has 0 aliphatic carbocycles. The van der Waals surface area contributed by atoms with E-state index >= 15 is 0 Å². The van der Waals surface area contributed by atoms with Gasteiger partial charge in [0.2, 0.25) is 5.91 Å². The van der Waals surface area contributed by atoms with Crippen molar-refractivity contribution in [2.45, 2.75) is 6.42 Å². The summed E-state index contributed by atoms with van der Waals surface area (Å²) in [6, 6.07) is 0. The molecule has 17 nitrogen and oxygen atoms in total. The number of carbonyl (C=O) groups excluding carboxylic acids is 4. The van der Waals surface area contributed by atoms with Crippen molar-refractivity contribution in [2.24, 2.45) is 5.84 Å². The zero-order chi connectivity index (χ0) is 32.1. The number of amides is 2. The van der Waals surface area contributed by atoms with Crippen LogP contribution in [0.4, 0.5) is 0 Å². The molecule has 3 fully saturated rings. The molecule has 3 N–H and O–H groups in total. The van der Waals surface area contributed by atoms with Gasteiger partial charge < -0.3 is 23.8 Å². The van der Waals surface area contributed by atoms with Gasteiger partial charge in [-0.3, -0.25) is 10.6 Å². The quantitative estimate of drug-likeness (QED) is 0.0855. The predicted octanol–water partition coefficient (Wildman–Crippen LogP) is -3.87. The molecule has 0 saturated carbocycles. The average molecular weight is 701 g/mol. The number of hydrogen-bond acceptors (Lipinski definition) is 15. The van der Waals surface area contributed by atoms with Crippen molar-refractivity contribution in [1.82, 2.24) is 29.9 Å². The van der Waals surface area contributed by atoms with Crippen LogP contribution < -0.4 is 11.2 Å². The summed E-state index contributed by atoms with van der Waals surface area (Å²) >= 11 is -1.81. The van der Waals surface area contributed by atoms with Gasteiger partial charge in [-0.15, -0.1) is 0 Å². The van der Waals surface area contributed by atoms with Crippen LogP contribution in [0.1, 0.15) is 6.42 Å². The van der Waals surface area contributed by atoms with Crippen LogP contribution in [0.2, 0.25) is 0 Å². The summed E-state index contributed by atoms with van der Waals surface area (Å²) in [5.74, 6) is 4.93. The molecular formula is C27H49GaN7O10. The minimum absolute atomic E-state index is 0.0884. The first-order valence-electron chi connectivity index (χ1n) is 15.6. The normalized spacial score (nSPS) is 22.3. The van der Waals surface area contributed by atoms with Crippen LogP contribution >= 0.6 is 0 Å². The van der Waals surface area contributed by atoms with Gasteiger partial charge >= 0.3 is 149 Å². The zero-order valence-electron chi connectivity index (χ0n) is 26.2. The molecule has 2 bridgehead atoms. The minimum Gasteiger partial charge on any atom is 0.0306 e. The maximum Gasteiger partial charge on any atom is 0.0347 e. The molecule has 255 valence electrons. The van der Waals surface area contributed by atoms with E-state index < -0.39 is 18.1 Å². The van der Waals surface area contributed by atoms with Crippen LogP contribution in [0.5, 0.6) is 0 Å². The van der Waals surface area contributed by atoms with Crippen LogP contribution in [-0.4, -0.2) is 211 Å². The second-order valence-electron chi connectivity index (χ2n) is 10.9. The predicted molar refractivity (Wildman–Crippen MR) is 161 cm³/mol. The third-order valence-corrected chi connectivity index (χ3v) is 8.95. The van der Waals surface area contributed by atoms with Crippen molar-refractivity contribution in [3.63, 3.8) is 0 Å². The fraction of sp³-hybridized carbons (Fsp3) is 0.852. The Morgan fingerprint density at radius 2 is 1.18 bits per heavy atom. The SMILES string of the molecule is NN1CCN(C(=O)CCOCCOCCOCCOCCNC(=O)CN2CCN3CCN(CC2)CC(=O)[O][Ga][O]C(=O)C3)CC1. The molecule has 3 aliphatic rings. The van der Waals surface area contributed by atoms with Crippen molar-refractivity contribution < 1.29 is 45.2 Å². The van der Waals surface area contributed by atoms with Gasteiger partial charge in [0, 0.05) is 26.2 Å². The first-order valence-corrected chi connectivity index (χ1v) is 17.6. The van der Waals surface area contributed by atoms with Crippen LogP contribution in [0.3, 0.4) is 0 Å². The zero-order valence-corrected chi connectivity index (χ0v) is 28.7. The second-order valence-corrected chi connectivity index (χ2v) is 12.3. The van der Waals surface area contributed by atoms with E-state index in [4.69, 9.17) is 31.8 Å². The molecule has 18 heteroatoms. The maximum absolute atomic E-state index is 12.5. The molecule has 3 aliphatic heterocycles. The molecule has 2 amide bonds. The first kappa shape index (κ1) is 37.6. The monoisotopic (exact) mass is 700 g/mol. The van der Waals surface area contributed by atoms with Crippen LogP contribution in [0.25, 0.3) is 0 Å². The van der Waals surface area contributed by atoms with E-state index in [0.29, 0.717) is 131 Å². The molecule has 1 radical (unpaired) electrons. The topological polar surface area (TPSA) is 178 Å². The summed E-state index contributed by atoms with van der Waals surface area (Å²) in [6.07, 6.45) is 0.357. The molecule has 2 unspecified atom stereocenters. The Bertz CT molecular complexity index is 870. The summed E-state index contributed by atoms with van der Waals surface area (Å²) in [5, 5.41) is 4.59. The third-order valence-electron chi connectivity index (χ3n) is 7.44. The van der Waals surface area contributed by atoms with E-state index in [1.807, 2.05) is 19.6 Å². The molecule has 3 rings (SSSR count). The van der Waals surface area contributed by atoms with E-state index in [0.717, 1.165) is 0 Å². The number of rotatable bonds is 17. The Morgan fingerprint density at radius 3 is 1.73 bits per heavy atom. The van der Waals surface area contributed by atoms with Crippen molar-refractivity contribution >= 4 is 41.9 Å². The number of nitrogens with one attached hydrogen (secondary N) is 1. The van der Waals surface area contributed by atoms with E-state index in [2.05, 4.69) is 5.32 Å². The molecule has 3 heterocycles. The molecule has 0 aromatic rings. The van der Waals surface area contributed by atoms with E-state index in [-0.39, 0.29) is 43.4 Å². The summed E-state index contributed by atoms with van der Waals surface area (Å²) in [5.41, 5.74) is 0. The number of hydrogen-bond donors (Lipinski definition) is 2. The number of nitrogens with zero attached hydrogens (tertiary/aromatic N) is 5. The molecule has 3 saturated heterocycles. The number of ether oxygens (including phenoxy) is 4. The van der Waals surface area contributed by atoms with Crippen molar-refractivity contribution in [2.75, 3.05) is 144 Å². The molecular weight excluding hydrogens is 652 g/mol. The maximum atomic E-state index is 12.5. The Hall–Kier alpha value is -1.84. The summed E-state index contributed by atoms with van der Waals surface area (Å²) in [6.45, 7) is 10.6. The minimum atomic E-state index is -1.81. The average Bonchev–Trinajstić information content (AvgIpc) is 3.08. The van der Waals surface area contributed by atoms with Crippen LogP contribution in [0.15, 0.2) is 0 Å². The van der Waals surface area contributed by atoms with Gasteiger partial charge in [-0.05, 0) is 0 Å². The summed E-state index contributed by atoms with van der Waals surface area (Å²) in [4.78, 5) is 56.6. The fourth-order valence-corrected chi connectivity index (χ4v) is 5.67. The number of carbonyl (C=O) groups is 4. The van der Waals surface area contributed by atoms with Crippen molar-refractivity contribution in [1.29, 1.82) is 0 Å². The third kappa shape index (κ3) is 17.0. The molecule has 0 spiro atoms. The van der Waals surface area contributed by atoms with Crippen LogP contribution in [-0.2, 0) is 45.2 Å². The first-order chi connectivity index (χ1) is 21.9. The van der Waals surface area contributed by atoms with E-state index in [9.17, 15) is 19.2 Å². The summed E-state index contributed by atoms with van der Waals surface area (Å²) in [7, 11) is 0. The number of nitrogens with two attached hydrogens (primary N) is 1. The smallest absolute Gasteiger partial charge is 0.0306 e. The molecule has 2 atom stereocenters. The molecule has 45 heavy (non-hydrogen) atoms. The Labute approximate surface area is 273 Å². The van der Waals surface area contributed by atoms with Gasteiger partial charge in [0.15, 0.2) is 0 Å². The van der Waals surface area contributed by atoms with Crippen LogP contribution in [0, 0.1) is 0 Å². The van der Waals surface area contributed by atoms with Crippen molar-refractivity contribution in [3.8, 4) is 0 Å². The van der Waals surface area contributed by atoms with Gasteiger partial charge in [0.25, 0.3) is 0 Å². The number of fused-ring (bicyclic) bond motifs is 3. The largest absolute Gasteiger partial charge is 0.0347 e. The Morgan fingerprint density at radius 1 is 0.689 bits per heavy atom. The molecule has 0 aromatic heterocycles. The number of piperazine rings is 1. The Kier molecular flexibility index (Phi) is 18.9. The van der Waals surface area contributed by atoms with Gasteiger partial charge in [-0.1, -0.05) is 0 Å². The van der Waals surface area contributed by atoms with E-state index in [1.54, 1.807) is 5.01 Å². The van der Waals surface area contributed by atoms with Gasteiger partial charge in [0.1, 0.15) is 0 Å². The Balaban J connectivity index is 1.13. The van der Waals surface area contributed by atoms with Gasteiger partial charge in [-0.25, -0.2) is 5.01 Å². The van der Waals surface area contributed by atoms with Crippen molar-refractivity contribution in [3.05, 3.63) is 0 Å². The fourth-order valence-electron chi connectivity index (χ4n) is 4.80. The van der Waals surface area contributed by atoms with Gasteiger partial charge in [0.05, 0.1) is 52.7 Å². The molecule has 0 aromatic carbocycles. The summed E-state index contributed by atoms with van der Waals surface area (Å²) < 4.78 is 32.2.